The van der Waals surface area contributed by atoms with Gasteiger partial charge in [0.05, 0.1) is 20.9 Å². The summed E-state index contributed by atoms with van der Waals surface area (Å²) in [4.78, 5) is 19.6. The molecule has 0 fully saturated rings. The smallest absolute Gasteiger partial charge is 0.273 e. The summed E-state index contributed by atoms with van der Waals surface area (Å²) in [5, 5.41) is 21.3. The Morgan fingerprint density at radius 3 is 2.04 bits per heavy atom. The SMILES string of the molecule is O=[N+]([O-])c1cc([N+](=O)[O-])c(NS(=O)(=O)c2cc(Cl)ccc2Cl)cc1Cl. The average Bonchev–Trinajstić information content (AvgIpc) is 2.48. The number of nitrogens with zero attached hydrogens (tertiary/aromatic N) is 2. The van der Waals surface area contributed by atoms with Gasteiger partial charge in [0.2, 0.25) is 0 Å². The van der Waals surface area contributed by atoms with Crippen molar-refractivity contribution in [3.63, 3.8) is 0 Å². The van der Waals surface area contributed by atoms with Gasteiger partial charge >= 0.3 is 0 Å². The average molecular weight is 427 g/mol. The van der Waals surface area contributed by atoms with Gasteiger partial charge in [-0.1, -0.05) is 34.8 Å². The van der Waals surface area contributed by atoms with E-state index in [1.165, 1.54) is 12.1 Å². The molecule has 2 aromatic carbocycles. The first-order valence-electron chi connectivity index (χ1n) is 6.13. The first kappa shape index (κ1) is 19.2. The lowest BCUT2D eigenvalue weighted by Crippen LogP contribution is -2.15. The highest BCUT2D eigenvalue weighted by atomic mass is 35.5. The molecule has 13 heteroatoms. The second-order valence-electron chi connectivity index (χ2n) is 4.52. The van der Waals surface area contributed by atoms with Crippen LogP contribution in [0.4, 0.5) is 17.1 Å². The molecule has 2 aromatic rings. The minimum atomic E-state index is -4.37. The van der Waals surface area contributed by atoms with Crippen molar-refractivity contribution >= 4 is 61.9 Å². The number of nitro benzene ring substituents is 2. The minimum Gasteiger partial charge on any atom is -0.273 e. The van der Waals surface area contributed by atoms with Crippen LogP contribution in [0.15, 0.2) is 35.2 Å². The van der Waals surface area contributed by atoms with Crippen molar-refractivity contribution in [1.82, 2.24) is 0 Å². The summed E-state index contributed by atoms with van der Waals surface area (Å²) in [6.45, 7) is 0. The van der Waals surface area contributed by atoms with E-state index in [1.54, 1.807) is 0 Å². The summed E-state index contributed by atoms with van der Waals surface area (Å²) in [7, 11) is -4.37. The summed E-state index contributed by atoms with van der Waals surface area (Å²) in [6, 6.07) is 4.96. The highest BCUT2D eigenvalue weighted by molar-refractivity contribution is 7.92. The highest BCUT2D eigenvalue weighted by Gasteiger charge is 2.28. The van der Waals surface area contributed by atoms with Gasteiger partial charge in [0.25, 0.3) is 21.4 Å². The van der Waals surface area contributed by atoms with E-state index < -0.39 is 46.9 Å². The first-order chi connectivity index (χ1) is 11.5. The van der Waals surface area contributed by atoms with E-state index in [0.29, 0.717) is 6.07 Å². The number of nitro groups is 2. The van der Waals surface area contributed by atoms with Crippen LogP contribution < -0.4 is 4.72 Å². The molecule has 2 rings (SSSR count). The van der Waals surface area contributed by atoms with Crippen molar-refractivity contribution in [2.45, 2.75) is 4.90 Å². The normalized spacial score (nSPS) is 11.2. The van der Waals surface area contributed by atoms with Crippen molar-refractivity contribution < 1.29 is 18.3 Å². The van der Waals surface area contributed by atoms with Crippen LogP contribution in [-0.4, -0.2) is 18.3 Å². The molecule has 0 saturated carbocycles. The van der Waals surface area contributed by atoms with Gasteiger partial charge in [-0.3, -0.25) is 25.0 Å². The fourth-order valence-corrected chi connectivity index (χ4v) is 3.87. The maximum Gasteiger partial charge on any atom is 0.300 e. The Morgan fingerprint density at radius 2 is 1.48 bits per heavy atom. The van der Waals surface area contributed by atoms with E-state index in [9.17, 15) is 28.6 Å². The molecule has 25 heavy (non-hydrogen) atoms. The fraction of sp³-hybridized carbons (Fsp3) is 0. The van der Waals surface area contributed by atoms with Crippen LogP contribution in [0.5, 0.6) is 0 Å². The van der Waals surface area contributed by atoms with E-state index in [2.05, 4.69) is 0 Å². The summed E-state index contributed by atoms with van der Waals surface area (Å²) >= 11 is 17.2. The molecule has 0 bridgehead atoms. The van der Waals surface area contributed by atoms with Crippen molar-refractivity contribution in [3.8, 4) is 0 Å². The maximum absolute atomic E-state index is 12.4. The predicted molar refractivity (Wildman–Crippen MR) is 92.0 cm³/mol. The molecule has 9 nitrogen and oxygen atoms in total. The number of nitrogens with one attached hydrogen (secondary N) is 1. The second-order valence-corrected chi connectivity index (χ2v) is 7.42. The lowest BCUT2D eigenvalue weighted by atomic mass is 10.2. The zero-order valence-electron chi connectivity index (χ0n) is 11.8. The van der Waals surface area contributed by atoms with Gasteiger partial charge in [-0.2, -0.15) is 0 Å². The molecule has 0 atom stereocenters. The standard InChI is InChI=1S/C12H6Cl3N3O6S/c13-6-1-2-7(14)12(3-6)25(23,24)16-9-4-8(15)10(17(19)20)5-11(9)18(21)22/h1-5,16H. The van der Waals surface area contributed by atoms with Crippen LogP contribution in [0.1, 0.15) is 0 Å². The first-order valence-corrected chi connectivity index (χ1v) is 8.75. The third kappa shape index (κ3) is 4.10. The molecule has 0 aliphatic carbocycles. The Bertz CT molecular complexity index is 996. The number of hydrogen-bond acceptors (Lipinski definition) is 6. The quantitative estimate of drug-likeness (QED) is 0.561. The van der Waals surface area contributed by atoms with Crippen molar-refractivity contribution in [2.24, 2.45) is 0 Å². The summed E-state index contributed by atoms with van der Waals surface area (Å²) in [5.41, 5.74) is -2.15. The number of sulfonamides is 1. The van der Waals surface area contributed by atoms with Gasteiger partial charge < -0.3 is 0 Å². The fourth-order valence-electron chi connectivity index (χ4n) is 1.81. The lowest BCUT2D eigenvalue weighted by Gasteiger charge is -2.10. The van der Waals surface area contributed by atoms with Crippen LogP contribution in [0.25, 0.3) is 0 Å². The molecule has 0 aliphatic heterocycles. The van der Waals surface area contributed by atoms with Crippen LogP contribution >= 0.6 is 34.8 Å². The largest absolute Gasteiger partial charge is 0.300 e. The van der Waals surface area contributed by atoms with Gasteiger partial charge in [-0.15, -0.1) is 0 Å². The molecule has 0 radical (unpaired) electrons. The van der Waals surface area contributed by atoms with Crippen LogP contribution in [0.3, 0.4) is 0 Å². The Kier molecular flexibility index (Phi) is 5.37. The minimum absolute atomic E-state index is 0.0704. The van der Waals surface area contributed by atoms with Gasteiger partial charge in [0.15, 0.2) is 0 Å². The van der Waals surface area contributed by atoms with Crippen molar-refractivity contribution in [3.05, 3.63) is 65.6 Å². The molecule has 0 amide bonds. The monoisotopic (exact) mass is 425 g/mol. The molecule has 1 N–H and O–H groups in total. The zero-order chi connectivity index (χ0) is 18.9. The molecular weight excluding hydrogens is 421 g/mol. The maximum atomic E-state index is 12.4. The molecule has 0 unspecified atom stereocenters. The van der Waals surface area contributed by atoms with E-state index in [0.717, 1.165) is 12.1 Å². The number of anilines is 1. The van der Waals surface area contributed by atoms with E-state index >= 15 is 0 Å². The Balaban J connectivity index is 2.59. The topological polar surface area (TPSA) is 132 Å². The third-order valence-corrected chi connectivity index (χ3v) is 5.27. The molecule has 132 valence electrons. The molecular formula is C12H6Cl3N3O6S. The predicted octanol–water partition coefficient (Wildman–Crippen LogP) is 4.26. The molecule has 0 saturated heterocycles. The van der Waals surface area contributed by atoms with Crippen molar-refractivity contribution in [2.75, 3.05) is 4.72 Å². The summed E-state index contributed by atoms with van der Waals surface area (Å²) < 4.78 is 26.8. The van der Waals surface area contributed by atoms with E-state index in [-0.39, 0.29) is 10.0 Å². The number of benzene rings is 2. The highest BCUT2D eigenvalue weighted by Crippen LogP contribution is 2.37. The van der Waals surface area contributed by atoms with Gasteiger partial charge in [0.1, 0.15) is 15.6 Å². The Labute approximate surface area is 155 Å². The zero-order valence-corrected chi connectivity index (χ0v) is 14.9. The van der Waals surface area contributed by atoms with E-state index in [4.69, 9.17) is 34.8 Å². The summed E-state index contributed by atoms with van der Waals surface area (Å²) in [6.07, 6.45) is 0. The number of rotatable bonds is 5. The Hall–Kier alpha value is -2.14. The molecule has 0 aromatic heterocycles. The van der Waals surface area contributed by atoms with Gasteiger partial charge in [-0.25, -0.2) is 8.42 Å². The number of hydrogen-bond donors (Lipinski definition) is 1. The third-order valence-electron chi connectivity index (χ3n) is 2.89. The van der Waals surface area contributed by atoms with Gasteiger partial charge in [-0.05, 0) is 24.3 Å². The van der Waals surface area contributed by atoms with Crippen LogP contribution in [-0.2, 0) is 10.0 Å². The van der Waals surface area contributed by atoms with Crippen LogP contribution in [0.2, 0.25) is 15.1 Å². The van der Waals surface area contributed by atoms with Crippen molar-refractivity contribution in [1.29, 1.82) is 0 Å². The number of halogens is 3. The second kappa shape index (κ2) is 7.00. The lowest BCUT2D eigenvalue weighted by molar-refractivity contribution is -0.393. The molecule has 0 heterocycles. The Morgan fingerprint density at radius 1 is 0.880 bits per heavy atom. The molecule has 0 spiro atoms. The van der Waals surface area contributed by atoms with Crippen LogP contribution in [0, 0.1) is 20.2 Å². The van der Waals surface area contributed by atoms with E-state index in [1.807, 2.05) is 4.72 Å². The molecule has 0 aliphatic rings. The summed E-state index contributed by atoms with van der Waals surface area (Å²) in [5.74, 6) is 0. The van der Waals surface area contributed by atoms with Gasteiger partial charge in [0, 0.05) is 5.02 Å².